The van der Waals surface area contributed by atoms with Gasteiger partial charge in [0, 0.05) is 12.2 Å². The quantitative estimate of drug-likeness (QED) is 0.603. The van der Waals surface area contributed by atoms with Gasteiger partial charge in [0.25, 0.3) is 0 Å². The number of nitrogens with one attached hydrogen (secondary N) is 1. The van der Waals surface area contributed by atoms with E-state index >= 15 is 0 Å². The van der Waals surface area contributed by atoms with Crippen LogP contribution in [0.4, 0.5) is 5.82 Å². The molecule has 0 aromatic carbocycles. The first-order chi connectivity index (χ1) is 7.65. The van der Waals surface area contributed by atoms with Crippen LogP contribution in [0.25, 0.3) is 0 Å². The molecule has 0 unspecified atom stereocenters. The number of aromatic nitrogens is 1. The van der Waals surface area contributed by atoms with Gasteiger partial charge in [-0.05, 0) is 37.5 Å². The SMILES string of the molecule is CSCCCNc1nc(C)ccc1C(N)=S. The van der Waals surface area contributed by atoms with Crippen molar-refractivity contribution in [3.8, 4) is 0 Å². The summed E-state index contributed by atoms with van der Waals surface area (Å²) in [5, 5.41) is 3.28. The van der Waals surface area contributed by atoms with Crippen molar-refractivity contribution in [1.29, 1.82) is 0 Å². The number of thiocarbonyl (C=S) groups is 1. The van der Waals surface area contributed by atoms with E-state index in [1.165, 1.54) is 0 Å². The number of anilines is 1. The summed E-state index contributed by atoms with van der Waals surface area (Å²) < 4.78 is 0. The summed E-state index contributed by atoms with van der Waals surface area (Å²) in [6.07, 6.45) is 3.21. The lowest BCUT2D eigenvalue weighted by atomic mass is 10.2. The molecule has 0 saturated heterocycles. The molecule has 0 bridgehead atoms. The zero-order valence-corrected chi connectivity index (χ0v) is 11.3. The maximum Gasteiger partial charge on any atom is 0.136 e. The number of nitrogens with two attached hydrogens (primary N) is 1. The van der Waals surface area contributed by atoms with Crippen molar-refractivity contribution in [2.24, 2.45) is 5.73 Å². The molecule has 0 aliphatic rings. The molecule has 0 fully saturated rings. The van der Waals surface area contributed by atoms with E-state index in [1.807, 2.05) is 30.8 Å². The molecular formula is C11H17N3S2. The normalized spacial score (nSPS) is 10.1. The number of pyridine rings is 1. The Kier molecular flexibility index (Phi) is 5.55. The first-order valence-electron chi connectivity index (χ1n) is 5.15. The zero-order valence-electron chi connectivity index (χ0n) is 9.62. The summed E-state index contributed by atoms with van der Waals surface area (Å²) in [5.74, 6) is 1.94. The van der Waals surface area contributed by atoms with Gasteiger partial charge >= 0.3 is 0 Å². The number of rotatable bonds is 6. The Hall–Kier alpha value is -0.810. The van der Waals surface area contributed by atoms with Gasteiger partial charge in [-0.3, -0.25) is 0 Å². The molecule has 16 heavy (non-hydrogen) atoms. The highest BCUT2D eigenvalue weighted by atomic mass is 32.2. The molecule has 1 aromatic rings. The highest BCUT2D eigenvalue weighted by molar-refractivity contribution is 7.98. The lowest BCUT2D eigenvalue weighted by molar-refractivity contribution is 0.977. The Morgan fingerprint density at radius 3 is 2.94 bits per heavy atom. The number of hydrogen-bond acceptors (Lipinski definition) is 4. The van der Waals surface area contributed by atoms with E-state index in [9.17, 15) is 0 Å². The van der Waals surface area contributed by atoms with Gasteiger partial charge < -0.3 is 11.1 Å². The molecule has 1 rings (SSSR count). The summed E-state index contributed by atoms with van der Waals surface area (Å²) >= 11 is 6.83. The molecular weight excluding hydrogens is 238 g/mol. The van der Waals surface area contributed by atoms with Gasteiger partial charge in [-0.15, -0.1) is 0 Å². The molecule has 3 N–H and O–H groups in total. The third-order valence-electron chi connectivity index (χ3n) is 2.12. The van der Waals surface area contributed by atoms with Crippen LogP contribution in [0.2, 0.25) is 0 Å². The maximum atomic E-state index is 5.64. The number of aryl methyl sites for hydroxylation is 1. The lowest BCUT2D eigenvalue weighted by Gasteiger charge is -2.10. The van der Waals surface area contributed by atoms with Crippen molar-refractivity contribution < 1.29 is 0 Å². The second-order valence-corrected chi connectivity index (χ2v) is 4.91. The number of hydrogen-bond donors (Lipinski definition) is 2. The van der Waals surface area contributed by atoms with E-state index in [2.05, 4.69) is 16.6 Å². The largest absolute Gasteiger partial charge is 0.389 e. The van der Waals surface area contributed by atoms with Crippen LogP contribution < -0.4 is 11.1 Å². The molecule has 1 aromatic heterocycles. The monoisotopic (exact) mass is 255 g/mol. The summed E-state index contributed by atoms with van der Waals surface area (Å²) in [7, 11) is 0. The summed E-state index contributed by atoms with van der Waals surface area (Å²) in [5.41, 5.74) is 7.43. The van der Waals surface area contributed by atoms with Crippen molar-refractivity contribution in [3.63, 3.8) is 0 Å². The molecule has 5 heteroatoms. The summed E-state index contributed by atoms with van der Waals surface area (Å²) in [6.45, 7) is 2.85. The molecule has 0 amide bonds. The minimum atomic E-state index is 0.389. The third kappa shape index (κ3) is 3.98. The Morgan fingerprint density at radius 1 is 1.56 bits per heavy atom. The fourth-order valence-electron chi connectivity index (χ4n) is 1.31. The first kappa shape index (κ1) is 13.3. The van der Waals surface area contributed by atoms with Gasteiger partial charge in [0.15, 0.2) is 0 Å². The highest BCUT2D eigenvalue weighted by Gasteiger charge is 2.06. The van der Waals surface area contributed by atoms with Crippen LogP contribution in [-0.4, -0.2) is 28.5 Å². The van der Waals surface area contributed by atoms with Crippen LogP contribution in [0.5, 0.6) is 0 Å². The standard InChI is InChI=1S/C11H17N3S2/c1-8-4-5-9(10(12)15)11(14-8)13-6-3-7-16-2/h4-5H,3,6-7H2,1-2H3,(H2,12,15)(H,13,14). The molecule has 88 valence electrons. The summed E-state index contributed by atoms with van der Waals surface area (Å²) in [6, 6.07) is 3.84. The zero-order chi connectivity index (χ0) is 12.0. The maximum absolute atomic E-state index is 5.64. The van der Waals surface area contributed by atoms with E-state index in [0.717, 1.165) is 35.8 Å². The van der Waals surface area contributed by atoms with Gasteiger partial charge in [0.05, 0.1) is 5.56 Å². The van der Waals surface area contributed by atoms with Crippen LogP contribution in [0.1, 0.15) is 17.7 Å². The summed E-state index contributed by atoms with van der Waals surface area (Å²) in [4.78, 5) is 4.80. The van der Waals surface area contributed by atoms with E-state index < -0.39 is 0 Å². The molecule has 0 radical (unpaired) electrons. The second-order valence-electron chi connectivity index (χ2n) is 3.49. The number of thioether (sulfide) groups is 1. The van der Waals surface area contributed by atoms with Crippen molar-refractivity contribution in [3.05, 3.63) is 23.4 Å². The van der Waals surface area contributed by atoms with Crippen LogP contribution in [0.3, 0.4) is 0 Å². The van der Waals surface area contributed by atoms with E-state index in [0.29, 0.717) is 4.99 Å². The average Bonchev–Trinajstić information content (AvgIpc) is 2.24. The number of nitrogens with zero attached hydrogens (tertiary/aromatic N) is 1. The fourth-order valence-corrected chi connectivity index (χ4v) is 1.91. The van der Waals surface area contributed by atoms with Crippen molar-refractivity contribution in [2.75, 3.05) is 23.9 Å². The molecule has 0 aliphatic heterocycles. The van der Waals surface area contributed by atoms with E-state index in [1.54, 1.807) is 0 Å². The molecule has 0 saturated carbocycles. The first-order valence-corrected chi connectivity index (χ1v) is 6.95. The van der Waals surface area contributed by atoms with Crippen molar-refractivity contribution >= 4 is 34.8 Å². The fraction of sp³-hybridized carbons (Fsp3) is 0.455. The topological polar surface area (TPSA) is 50.9 Å². The second kappa shape index (κ2) is 6.70. The molecule has 0 atom stereocenters. The Balaban J connectivity index is 2.68. The third-order valence-corrected chi connectivity index (χ3v) is 3.03. The predicted octanol–water partition coefficient (Wildman–Crippen LogP) is 2.19. The van der Waals surface area contributed by atoms with E-state index in [-0.39, 0.29) is 0 Å². The van der Waals surface area contributed by atoms with Gasteiger partial charge in [-0.1, -0.05) is 12.2 Å². The minimum Gasteiger partial charge on any atom is -0.389 e. The molecule has 0 aliphatic carbocycles. The van der Waals surface area contributed by atoms with Crippen LogP contribution in [-0.2, 0) is 0 Å². The van der Waals surface area contributed by atoms with Gasteiger partial charge in [-0.2, -0.15) is 11.8 Å². The van der Waals surface area contributed by atoms with Crippen molar-refractivity contribution in [1.82, 2.24) is 4.98 Å². The Morgan fingerprint density at radius 2 is 2.31 bits per heavy atom. The van der Waals surface area contributed by atoms with Gasteiger partial charge in [0.1, 0.15) is 10.8 Å². The van der Waals surface area contributed by atoms with Gasteiger partial charge in [-0.25, -0.2) is 4.98 Å². The molecule has 0 spiro atoms. The average molecular weight is 255 g/mol. The van der Waals surface area contributed by atoms with Crippen LogP contribution in [0, 0.1) is 6.92 Å². The predicted molar refractivity (Wildman–Crippen MR) is 76.4 cm³/mol. The van der Waals surface area contributed by atoms with Gasteiger partial charge in [0.2, 0.25) is 0 Å². The Labute approximate surface area is 106 Å². The van der Waals surface area contributed by atoms with Crippen LogP contribution >= 0.6 is 24.0 Å². The van der Waals surface area contributed by atoms with Crippen LogP contribution in [0.15, 0.2) is 12.1 Å². The smallest absolute Gasteiger partial charge is 0.136 e. The molecule has 1 heterocycles. The lowest BCUT2D eigenvalue weighted by Crippen LogP contribution is -2.15. The van der Waals surface area contributed by atoms with Crippen molar-refractivity contribution in [2.45, 2.75) is 13.3 Å². The highest BCUT2D eigenvalue weighted by Crippen LogP contribution is 2.13. The molecule has 3 nitrogen and oxygen atoms in total. The Bertz CT molecular complexity index is 366. The minimum absolute atomic E-state index is 0.389. The van der Waals surface area contributed by atoms with E-state index in [4.69, 9.17) is 18.0 Å².